The molecule has 0 aliphatic heterocycles. The van der Waals surface area contributed by atoms with Crippen molar-refractivity contribution < 1.29 is 46.8 Å². The van der Waals surface area contributed by atoms with E-state index in [4.69, 9.17) is 18.5 Å². The summed E-state index contributed by atoms with van der Waals surface area (Å²) in [5.74, 6) is -0.882. The normalized spacial score (nSPS) is 14.4. The highest BCUT2D eigenvalue weighted by atomic mass is 31.2. The van der Waals surface area contributed by atoms with Gasteiger partial charge in [0.15, 0.2) is 11.9 Å². The van der Waals surface area contributed by atoms with Crippen LogP contribution in [0.4, 0.5) is 0 Å². The number of likely N-dealkylation sites (N-methyl/N-ethyl adjacent to an activating group) is 1. The van der Waals surface area contributed by atoms with E-state index in [1.165, 1.54) is 19.3 Å². The molecule has 0 saturated carbocycles. The fraction of sp³-hybridized carbons (Fsp3) is 0.604. The van der Waals surface area contributed by atoms with Crippen molar-refractivity contribution in [2.75, 3.05) is 47.5 Å². The van der Waals surface area contributed by atoms with Gasteiger partial charge in [-0.05, 0) is 76.7 Å². The molecule has 0 spiro atoms. The van der Waals surface area contributed by atoms with Crippen molar-refractivity contribution >= 4 is 25.5 Å². The average Bonchev–Trinajstić information content (AvgIpc) is 3.18. The first-order chi connectivity index (χ1) is 28.4. The highest BCUT2D eigenvalue weighted by molar-refractivity contribution is 7.47. The third kappa shape index (κ3) is 42.5. The van der Waals surface area contributed by atoms with Gasteiger partial charge in [-0.2, -0.15) is 0 Å². The number of phosphoric ester groups is 1. The van der Waals surface area contributed by atoms with Crippen molar-refractivity contribution in [1.82, 2.24) is 0 Å². The Balaban J connectivity index is 4.60. The molecule has 11 heteroatoms. The van der Waals surface area contributed by atoms with E-state index in [1.807, 2.05) is 45.4 Å². The van der Waals surface area contributed by atoms with Crippen LogP contribution in [0.25, 0.3) is 0 Å². The molecule has 0 amide bonds. The minimum absolute atomic E-state index is 0.00706. The molecule has 0 saturated heterocycles. The SMILES string of the molecule is CC/C=C\C/C=C\C/C=C\C/C=C\C/C=C\C/C=C\CCC(=O)O[C@H](COC(=O)CCCCCCCC(=O)/C=C/C=C\CCCCC)COP(=O)(O)OCC[N+](C)(C)C. The minimum Gasteiger partial charge on any atom is -0.462 e. The predicted molar refractivity (Wildman–Crippen MR) is 243 cm³/mol. The van der Waals surface area contributed by atoms with Gasteiger partial charge in [0.05, 0.1) is 27.7 Å². The first kappa shape index (κ1) is 55.6. The first-order valence-corrected chi connectivity index (χ1v) is 23.4. The molecular weight excluding hydrogens is 766 g/mol. The van der Waals surface area contributed by atoms with E-state index in [0.717, 1.165) is 70.6 Å². The summed E-state index contributed by atoms with van der Waals surface area (Å²) in [7, 11) is 1.34. The van der Waals surface area contributed by atoms with Crippen LogP contribution in [-0.2, 0) is 37.5 Å². The topological polar surface area (TPSA) is 125 Å². The molecular formula is C48H79NO9P+. The van der Waals surface area contributed by atoms with Crippen LogP contribution in [0.3, 0.4) is 0 Å². The van der Waals surface area contributed by atoms with Crippen molar-refractivity contribution in [2.45, 2.75) is 142 Å². The number of rotatable bonds is 38. The van der Waals surface area contributed by atoms with Crippen LogP contribution in [0.5, 0.6) is 0 Å². The van der Waals surface area contributed by atoms with E-state index < -0.39 is 32.5 Å². The van der Waals surface area contributed by atoms with E-state index >= 15 is 0 Å². The van der Waals surface area contributed by atoms with Crippen molar-refractivity contribution in [2.24, 2.45) is 0 Å². The Morgan fingerprint density at radius 1 is 0.593 bits per heavy atom. The van der Waals surface area contributed by atoms with E-state index in [-0.39, 0.29) is 31.8 Å². The fourth-order valence-electron chi connectivity index (χ4n) is 5.14. The lowest BCUT2D eigenvalue weighted by molar-refractivity contribution is -0.870. The molecule has 0 aromatic carbocycles. The standard InChI is InChI=1S/C48H78NO9P/c1-6-8-10-12-14-15-16-17-18-19-20-21-22-23-24-25-27-31-36-40-48(52)58-46(44-57-59(53,54)56-42-41-49(3,4)5)43-55-47(51)39-35-32-28-30-34-38-45(50)37-33-29-26-13-11-9-7-2/h8,10,14-15,17-18,20-21,23-24,26-27,29,31,33,37,46H,6-7,9,11-13,16,19,22,25,28,30,32,34-36,38-44H2,1-5H3/p+1/b10-8-,15-14-,18-17-,21-20-,24-23-,29-26-,31-27-,37-33+/t46-/m1/s1. The molecule has 1 N–H and O–H groups in total. The molecule has 0 fully saturated rings. The third-order valence-electron chi connectivity index (χ3n) is 8.59. The molecule has 2 atom stereocenters. The number of phosphoric acid groups is 1. The molecule has 0 bridgehead atoms. The maximum absolute atomic E-state index is 12.7. The van der Waals surface area contributed by atoms with Crippen LogP contribution in [0.15, 0.2) is 97.2 Å². The number of nitrogens with zero attached hydrogens (tertiary/aromatic N) is 1. The molecule has 10 nitrogen and oxygen atoms in total. The lowest BCUT2D eigenvalue weighted by atomic mass is 10.1. The largest absolute Gasteiger partial charge is 0.472 e. The second-order valence-corrected chi connectivity index (χ2v) is 16.8. The lowest BCUT2D eigenvalue weighted by Gasteiger charge is -2.24. The van der Waals surface area contributed by atoms with Crippen LogP contribution in [0.1, 0.15) is 136 Å². The molecule has 59 heavy (non-hydrogen) atoms. The highest BCUT2D eigenvalue weighted by Crippen LogP contribution is 2.43. The second kappa shape index (κ2) is 38.8. The van der Waals surface area contributed by atoms with Crippen LogP contribution in [0, 0.1) is 0 Å². The highest BCUT2D eigenvalue weighted by Gasteiger charge is 2.27. The van der Waals surface area contributed by atoms with Crippen molar-refractivity contribution in [1.29, 1.82) is 0 Å². The Morgan fingerprint density at radius 3 is 1.73 bits per heavy atom. The summed E-state index contributed by atoms with van der Waals surface area (Å²) in [6.45, 7) is 4.00. The minimum atomic E-state index is -4.43. The second-order valence-electron chi connectivity index (χ2n) is 15.4. The summed E-state index contributed by atoms with van der Waals surface area (Å²) in [5, 5.41) is 0. The number of hydrogen-bond donors (Lipinski definition) is 1. The predicted octanol–water partition coefficient (Wildman–Crippen LogP) is 11.8. The lowest BCUT2D eigenvalue weighted by Crippen LogP contribution is -2.37. The number of carbonyl (C=O) groups excluding carboxylic acids is 3. The summed E-state index contributed by atoms with van der Waals surface area (Å²) < 4.78 is 34.1. The molecule has 0 aromatic heterocycles. The zero-order chi connectivity index (χ0) is 43.7. The van der Waals surface area contributed by atoms with Gasteiger partial charge in [0.1, 0.15) is 19.8 Å². The van der Waals surface area contributed by atoms with Crippen LogP contribution in [-0.4, -0.2) is 80.7 Å². The van der Waals surface area contributed by atoms with E-state index in [1.54, 1.807) is 6.08 Å². The van der Waals surface area contributed by atoms with Gasteiger partial charge >= 0.3 is 19.8 Å². The Kier molecular flexibility index (Phi) is 36.5. The Labute approximate surface area is 358 Å². The van der Waals surface area contributed by atoms with Crippen molar-refractivity contribution in [3.8, 4) is 0 Å². The number of ketones is 1. The van der Waals surface area contributed by atoms with Crippen LogP contribution < -0.4 is 0 Å². The average molecular weight is 845 g/mol. The zero-order valence-corrected chi connectivity index (χ0v) is 38.1. The van der Waals surface area contributed by atoms with E-state index in [2.05, 4.69) is 80.7 Å². The van der Waals surface area contributed by atoms with Gasteiger partial charge in [-0.25, -0.2) is 4.57 Å². The third-order valence-corrected chi connectivity index (χ3v) is 9.57. The zero-order valence-electron chi connectivity index (χ0n) is 37.2. The number of quaternary nitrogens is 1. The van der Waals surface area contributed by atoms with Gasteiger partial charge in [-0.15, -0.1) is 0 Å². The molecule has 0 aliphatic carbocycles. The number of esters is 2. The summed E-state index contributed by atoms with van der Waals surface area (Å²) in [6, 6.07) is 0. The van der Waals surface area contributed by atoms with E-state index in [0.29, 0.717) is 30.3 Å². The molecule has 0 radical (unpaired) electrons. The monoisotopic (exact) mass is 845 g/mol. The molecule has 1 unspecified atom stereocenters. The number of unbranched alkanes of at least 4 members (excludes halogenated alkanes) is 7. The molecule has 0 aromatic rings. The fourth-order valence-corrected chi connectivity index (χ4v) is 5.88. The van der Waals surface area contributed by atoms with Crippen molar-refractivity contribution in [3.63, 3.8) is 0 Å². The summed E-state index contributed by atoms with van der Waals surface area (Å²) in [4.78, 5) is 47.4. The number of ether oxygens (including phenoxy) is 2. The van der Waals surface area contributed by atoms with Crippen LogP contribution in [0.2, 0.25) is 0 Å². The van der Waals surface area contributed by atoms with Gasteiger partial charge in [-0.1, -0.05) is 137 Å². The first-order valence-electron chi connectivity index (χ1n) is 21.9. The summed E-state index contributed by atoms with van der Waals surface area (Å²) in [6.07, 6.45) is 47.2. The Bertz CT molecular complexity index is 1380. The number of carbonyl (C=O) groups is 3. The quantitative estimate of drug-likeness (QED) is 0.0123. The van der Waals surface area contributed by atoms with Crippen molar-refractivity contribution in [3.05, 3.63) is 97.2 Å². The van der Waals surface area contributed by atoms with Gasteiger partial charge in [0.25, 0.3) is 0 Å². The smallest absolute Gasteiger partial charge is 0.462 e. The molecule has 334 valence electrons. The Morgan fingerprint density at radius 2 is 1.15 bits per heavy atom. The molecule has 0 rings (SSSR count). The molecule has 0 aliphatic rings. The van der Waals surface area contributed by atoms with E-state index in [9.17, 15) is 23.8 Å². The molecule has 0 heterocycles. The van der Waals surface area contributed by atoms with Gasteiger partial charge < -0.3 is 18.9 Å². The van der Waals surface area contributed by atoms with Crippen LogP contribution >= 0.6 is 7.82 Å². The van der Waals surface area contributed by atoms with Gasteiger partial charge in [-0.3, -0.25) is 23.4 Å². The maximum atomic E-state index is 12.7. The summed E-state index contributed by atoms with van der Waals surface area (Å²) in [5.41, 5.74) is 0. The number of allylic oxidation sites excluding steroid dienone is 16. The van der Waals surface area contributed by atoms with Gasteiger partial charge in [0, 0.05) is 19.3 Å². The summed E-state index contributed by atoms with van der Waals surface area (Å²) >= 11 is 0. The number of hydrogen-bond acceptors (Lipinski definition) is 8. The maximum Gasteiger partial charge on any atom is 0.472 e. The van der Waals surface area contributed by atoms with Gasteiger partial charge in [0.2, 0.25) is 0 Å². The Hall–Kier alpha value is -3.40.